The minimum absolute atomic E-state index is 0.258. The number of nitriles is 1. The molecular formula is C28H31N5O. The molecule has 1 amide bonds. The second-order valence-electron chi connectivity index (χ2n) is 10.4. The second-order valence-corrected chi connectivity index (χ2v) is 10.4. The predicted molar refractivity (Wildman–Crippen MR) is 131 cm³/mol. The molecule has 0 radical (unpaired) electrons. The Kier molecular flexibility index (Phi) is 5.36. The van der Waals surface area contributed by atoms with Crippen molar-refractivity contribution in [3.8, 4) is 6.07 Å². The summed E-state index contributed by atoms with van der Waals surface area (Å²) in [6, 6.07) is 8.85. The lowest BCUT2D eigenvalue weighted by atomic mass is 9.98. The van der Waals surface area contributed by atoms with Crippen LogP contribution in [0.3, 0.4) is 0 Å². The number of amides is 1. The number of pyridine rings is 2. The number of hydrogen-bond donors (Lipinski definition) is 0. The van der Waals surface area contributed by atoms with Gasteiger partial charge in [-0.25, -0.2) is 4.98 Å². The molecule has 174 valence electrons. The van der Waals surface area contributed by atoms with Crippen molar-refractivity contribution >= 4 is 17.8 Å². The summed E-state index contributed by atoms with van der Waals surface area (Å²) in [6.45, 7) is 6.11. The number of hydrogen-bond acceptors (Lipinski definition) is 5. The van der Waals surface area contributed by atoms with Crippen LogP contribution in [0.5, 0.6) is 0 Å². The number of rotatable bonds is 7. The van der Waals surface area contributed by atoms with E-state index in [-0.39, 0.29) is 12.0 Å². The predicted octanol–water partition coefficient (Wildman–Crippen LogP) is 4.30. The summed E-state index contributed by atoms with van der Waals surface area (Å²) in [5, 5.41) is 10.1. The van der Waals surface area contributed by atoms with Gasteiger partial charge in [0.05, 0.1) is 17.3 Å². The highest BCUT2D eigenvalue weighted by atomic mass is 16.2. The van der Waals surface area contributed by atoms with Crippen molar-refractivity contribution in [2.75, 3.05) is 24.5 Å². The zero-order valence-electron chi connectivity index (χ0n) is 19.6. The van der Waals surface area contributed by atoms with E-state index in [1.165, 1.54) is 12.8 Å². The lowest BCUT2D eigenvalue weighted by molar-refractivity contribution is -0.135. The van der Waals surface area contributed by atoms with Crippen LogP contribution in [-0.2, 0) is 11.2 Å². The SMILES string of the molecule is C=Cc1cc(Cc2cc(C#N)c(N3CCN(C(=O)C4CC4)[C@H](C4CC4)C3)nc2C2CC2)ccn1. The van der Waals surface area contributed by atoms with E-state index in [1.807, 2.05) is 12.3 Å². The van der Waals surface area contributed by atoms with E-state index in [2.05, 4.69) is 39.6 Å². The zero-order chi connectivity index (χ0) is 23.2. The molecule has 34 heavy (non-hydrogen) atoms. The quantitative estimate of drug-likeness (QED) is 0.625. The van der Waals surface area contributed by atoms with E-state index in [1.54, 1.807) is 6.08 Å². The Bertz CT molecular complexity index is 1170. The van der Waals surface area contributed by atoms with Crippen molar-refractivity contribution in [2.24, 2.45) is 11.8 Å². The van der Waals surface area contributed by atoms with Gasteiger partial charge in [-0.2, -0.15) is 5.26 Å². The van der Waals surface area contributed by atoms with Crippen molar-refractivity contribution in [1.29, 1.82) is 5.26 Å². The van der Waals surface area contributed by atoms with Gasteiger partial charge in [-0.15, -0.1) is 0 Å². The van der Waals surface area contributed by atoms with Crippen LogP contribution in [0.4, 0.5) is 5.82 Å². The summed E-state index contributed by atoms with van der Waals surface area (Å²) >= 11 is 0. The van der Waals surface area contributed by atoms with Gasteiger partial charge in [-0.05, 0) is 86.3 Å². The summed E-state index contributed by atoms with van der Waals surface area (Å²) in [5.41, 5.74) is 4.95. The fraction of sp³-hybridized carbons (Fsp3) is 0.500. The second kappa shape index (κ2) is 8.54. The maximum Gasteiger partial charge on any atom is 0.226 e. The first-order valence-corrected chi connectivity index (χ1v) is 12.7. The topological polar surface area (TPSA) is 73.1 Å². The van der Waals surface area contributed by atoms with E-state index >= 15 is 0 Å². The maximum atomic E-state index is 12.9. The monoisotopic (exact) mass is 453 g/mol. The minimum Gasteiger partial charge on any atom is -0.352 e. The highest BCUT2D eigenvalue weighted by Gasteiger charge is 2.45. The first-order chi connectivity index (χ1) is 16.6. The molecule has 2 aromatic rings. The fourth-order valence-electron chi connectivity index (χ4n) is 5.40. The van der Waals surface area contributed by atoms with E-state index in [9.17, 15) is 10.1 Å². The molecular weight excluding hydrogens is 422 g/mol. The molecule has 3 saturated carbocycles. The third kappa shape index (κ3) is 4.20. The number of nitrogens with zero attached hydrogens (tertiary/aromatic N) is 5. The van der Waals surface area contributed by atoms with Crippen LogP contribution >= 0.6 is 0 Å². The molecule has 0 unspecified atom stereocenters. The smallest absolute Gasteiger partial charge is 0.226 e. The number of carbonyl (C=O) groups excluding carboxylic acids is 1. The van der Waals surface area contributed by atoms with E-state index < -0.39 is 0 Å². The fourth-order valence-corrected chi connectivity index (χ4v) is 5.40. The molecule has 4 aliphatic rings. The number of aromatic nitrogens is 2. The molecule has 6 rings (SSSR count). The number of anilines is 1. The van der Waals surface area contributed by atoms with Gasteiger partial charge < -0.3 is 9.80 Å². The first-order valence-electron chi connectivity index (χ1n) is 12.7. The molecule has 2 aromatic heterocycles. The van der Waals surface area contributed by atoms with Crippen molar-refractivity contribution in [3.63, 3.8) is 0 Å². The number of piperazine rings is 1. The Morgan fingerprint density at radius 2 is 2.00 bits per heavy atom. The molecule has 0 N–H and O–H groups in total. The summed E-state index contributed by atoms with van der Waals surface area (Å²) in [5.74, 6) is 2.52. The van der Waals surface area contributed by atoms with Crippen LogP contribution in [0.25, 0.3) is 6.08 Å². The standard InChI is InChI=1S/C28H31N5O/c1-2-24-14-18(9-10-30-24)13-22-15-23(16-29)27(31-26(22)20-5-6-20)32-11-12-33(28(34)21-7-8-21)25(17-32)19-3-4-19/h2,9-10,14-15,19-21,25H,1,3-8,11-13,17H2/t25-/m0/s1. The molecule has 3 aliphatic carbocycles. The Morgan fingerprint density at radius 3 is 2.68 bits per heavy atom. The molecule has 0 aromatic carbocycles. The van der Waals surface area contributed by atoms with E-state index in [0.717, 1.165) is 80.1 Å². The summed E-state index contributed by atoms with van der Waals surface area (Å²) in [4.78, 5) is 26.8. The first kappa shape index (κ1) is 21.3. The third-order valence-electron chi connectivity index (χ3n) is 7.74. The highest BCUT2D eigenvalue weighted by molar-refractivity contribution is 5.81. The van der Waals surface area contributed by atoms with E-state index in [0.29, 0.717) is 23.3 Å². The average Bonchev–Trinajstić information content (AvgIpc) is 3.73. The molecule has 0 bridgehead atoms. The Labute approximate surface area is 201 Å². The largest absolute Gasteiger partial charge is 0.352 e. The molecule has 1 aliphatic heterocycles. The molecule has 0 spiro atoms. The van der Waals surface area contributed by atoms with Gasteiger partial charge in [0.1, 0.15) is 11.9 Å². The van der Waals surface area contributed by atoms with Crippen LogP contribution in [0.2, 0.25) is 0 Å². The summed E-state index contributed by atoms with van der Waals surface area (Å²) < 4.78 is 0. The van der Waals surface area contributed by atoms with Crippen LogP contribution in [0, 0.1) is 23.2 Å². The molecule has 3 heterocycles. The van der Waals surface area contributed by atoms with Gasteiger partial charge in [0.15, 0.2) is 0 Å². The van der Waals surface area contributed by atoms with Crippen LogP contribution in [0.1, 0.15) is 72.5 Å². The van der Waals surface area contributed by atoms with Gasteiger partial charge in [0, 0.05) is 43.4 Å². The highest BCUT2D eigenvalue weighted by Crippen LogP contribution is 2.44. The van der Waals surface area contributed by atoms with E-state index in [4.69, 9.17) is 4.98 Å². The maximum absolute atomic E-state index is 12.9. The van der Waals surface area contributed by atoms with Crippen molar-refractivity contribution in [1.82, 2.24) is 14.9 Å². The molecule has 4 fully saturated rings. The Balaban J connectivity index is 1.30. The van der Waals surface area contributed by atoms with Crippen molar-refractivity contribution < 1.29 is 4.79 Å². The van der Waals surface area contributed by atoms with Gasteiger partial charge in [0.2, 0.25) is 5.91 Å². The molecule has 1 saturated heterocycles. The van der Waals surface area contributed by atoms with Gasteiger partial charge in [-0.1, -0.05) is 6.58 Å². The van der Waals surface area contributed by atoms with Gasteiger partial charge in [-0.3, -0.25) is 9.78 Å². The van der Waals surface area contributed by atoms with Gasteiger partial charge >= 0.3 is 0 Å². The number of carbonyl (C=O) groups is 1. The van der Waals surface area contributed by atoms with Crippen molar-refractivity contribution in [2.45, 2.75) is 56.9 Å². The molecule has 6 nitrogen and oxygen atoms in total. The lowest BCUT2D eigenvalue weighted by Gasteiger charge is -2.43. The Morgan fingerprint density at radius 1 is 1.18 bits per heavy atom. The summed E-state index contributed by atoms with van der Waals surface area (Å²) in [7, 11) is 0. The third-order valence-corrected chi connectivity index (χ3v) is 7.74. The Hall–Kier alpha value is -3.20. The molecule has 1 atom stereocenters. The lowest BCUT2D eigenvalue weighted by Crippen LogP contribution is -2.57. The van der Waals surface area contributed by atoms with Crippen molar-refractivity contribution in [3.05, 3.63) is 59.1 Å². The normalized spacial score (nSPS) is 22.4. The van der Waals surface area contributed by atoms with Crippen LogP contribution in [-0.4, -0.2) is 46.5 Å². The van der Waals surface area contributed by atoms with Crippen LogP contribution in [0.15, 0.2) is 31.0 Å². The average molecular weight is 454 g/mol. The zero-order valence-corrected chi connectivity index (χ0v) is 19.6. The summed E-state index contributed by atoms with van der Waals surface area (Å²) in [6.07, 6.45) is 11.1. The van der Waals surface area contributed by atoms with Crippen LogP contribution < -0.4 is 4.90 Å². The van der Waals surface area contributed by atoms with Gasteiger partial charge in [0.25, 0.3) is 0 Å². The minimum atomic E-state index is 0.258. The molecule has 6 heteroatoms.